The Labute approximate surface area is 164 Å². The molecule has 1 aliphatic rings. The fourth-order valence-electron chi connectivity index (χ4n) is 3.82. The molecule has 1 fully saturated rings. The summed E-state index contributed by atoms with van der Waals surface area (Å²) >= 11 is 0. The van der Waals surface area contributed by atoms with Crippen molar-refractivity contribution in [1.82, 2.24) is 24.9 Å². The summed E-state index contributed by atoms with van der Waals surface area (Å²) in [7, 11) is 1.38. The van der Waals surface area contributed by atoms with Gasteiger partial charge in [-0.15, -0.1) is 0 Å². The smallest absolute Gasteiger partial charge is 0.358 e. The van der Waals surface area contributed by atoms with Gasteiger partial charge in [-0.05, 0) is 31.9 Å². The number of nitrogens with zero attached hydrogens (tertiary/aromatic N) is 4. The highest BCUT2D eigenvalue weighted by atomic mass is 16.5. The molecule has 1 saturated heterocycles. The van der Waals surface area contributed by atoms with Crippen LogP contribution in [0.1, 0.15) is 40.5 Å². The molecular formula is C21H25N5O2. The molecule has 1 aromatic carbocycles. The highest BCUT2D eigenvalue weighted by molar-refractivity contribution is 5.86. The van der Waals surface area contributed by atoms with E-state index in [0.29, 0.717) is 11.7 Å². The average Bonchev–Trinajstić information content (AvgIpc) is 3.38. The number of carbonyl (C=O) groups excluding carboxylic acids is 1. The SMILES string of the molecule is COC(=O)c1ccn(C2CCN(Cc3cn[nH]c3-c3cccc(C)c3)CC2)n1. The first kappa shape index (κ1) is 18.4. The molecule has 0 saturated carbocycles. The molecule has 1 aliphatic heterocycles. The first-order valence-corrected chi connectivity index (χ1v) is 9.59. The number of ether oxygens (including phenoxy) is 1. The average molecular weight is 379 g/mol. The molecule has 146 valence electrons. The van der Waals surface area contributed by atoms with E-state index in [2.05, 4.69) is 51.4 Å². The Bertz CT molecular complexity index is 953. The highest BCUT2D eigenvalue weighted by Gasteiger charge is 2.23. The molecule has 3 heterocycles. The van der Waals surface area contributed by atoms with Gasteiger partial charge in [0.1, 0.15) is 0 Å². The lowest BCUT2D eigenvalue weighted by Crippen LogP contribution is -2.34. The molecular weight excluding hydrogens is 354 g/mol. The summed E-state index contributed by atoms with van der Waals surface area (Å²) in [5.74, 6) is -0.389. The Morgan fingerprint density at radius 3 is 2.86 bits per heavy atom. The summed E-state index contributed by atoms with van der Waals surface area (Å²) in [6.45, 7) is 4.94. The minimum absolute atomic E-state index is 0.315. The van der Waals surface area contributed by atoms with Crippen molar-refractivity contribution in [2.24, 2.45) is 0 Å². The van der Waals surface area contributed by atoms with Crippen LogP contribution in [0.5, 0.6) is 0 Å². The van der Waals surface area contributed by atoms with Crippen LogP contribution in [0.15, 0.2) is 42.7 Å². The predicted octanol–water partition coefficient (Wildman–Crippen LogP) is 3.21. The number of aromatic nitrogens is 4. The minimum atomic E-state index is -0.389. The lowest BCUT2D eigenvalue weighted by Gasteiger charge is -2.32. The minimum Gasteiger partial charge on any atom is -0.464 e. The number of aromatic amines is 1. The molecule has 0 bridgehead atoms. The predicted molar refractivity (Wildman–Crippen MR) is 106 cm³/mol. The third-order valence-electron chi connectivity index (χ3n) is 5.35. The third-order valence-corrected chi connectivity index (χ3v) is 5.35. The Morgan fingerprint density at radius 1 is 1.29 bits per heavy atom. The summed E-state index contributed by atoms with van der Waals surface area (Å²) < 4.78 is 6.64. The summed E-state index contributed by atoms with van der Waals surface area (Å²) in [5.41, 5.74) is 5.10. The third kappa shape index (κ3) is 3.84. The van der Waals surface area contributed by atoms with Gasteiger partial charge in [0.25, 0.3) is 0 Å². The van der Waals surface area contributed by atoms with Gasteiger partial charge >= 0.3 is 5.97 Å². The number of methoxy groups -OCH3 is 1. The molecule has 0 spiro atoms. The molecule has 0 aliphatic carbocycles. The van der Waals surface area contributed by atoms with E-state index >= 15 is 0 Å². The standard InChI is InChI=1S/C21H25N5O2/c1-15-4-3-5-16(12-15)20-17(13-22-23-20)14-25-9-6-18(7-10-25)26-11-8-19(24-26)21(27)28-2/h3-5,8,11-13,18H,6-7,9-10,14H2,1-2H3,(H,22,23). The Morgan fingerprint density at radius 2 is 2.11 bits per heavy atom. The zero-order valence-corrected chi connectivity index (χ0v) is 16.3. The Balaban J connectivity index is 1.38. The van der Waals surface area contributed by atoms with Gasteiger partial charge in [0.05, 0.1) is 25.0 Å². The zero-order valence-electron chi connectivity index (χ0n) is 16.3. The Hall–Kier alpha value is -2.93. The first-order chi connectivity index (χ1) is 13.6. The molecule has 7 nitrogen and oxygen atoms in total. The van der Waals surface area contributed by atoms with Crippen LogP contribution < -0.4 is 0 Å². The second-order valence-electron chi connectivity index (χ2n) is 7.32. The van der Waals surface area contributed by atoms with Crippen molar-refractivity contribution >= 4 is 5.97 Å². The van der Waals surface area contributed by atoms with E-state index in [4.69, 9.17) is 4.74 Å². The molecule has 0 radical (unpaired) electrons. The fraction of sp³-hybridized carbons (Fsp3) is 0.381. The van der Waals surface area contributed by atoms with Crippen molar-refractivity contribution in [2.75, 3.05) is 20.2 Å². The molecule has 4 rings (SSSR count). The molecule has 1 N–H and O–H groups in total. The molecule has 28 heavy (non-hydrogen) atoms. The number of likely N-dealkylation sites (tertiary alicyclic amines) is 1. The normalized spacial score (nSPS) is 15.6. The number of hydrogen-bond donors (Lipinski definition) is 1. The van der Waals surface area contributed by atoms with Crippen LogP contribution in [0.25, 0.3) is 11.3 Å². The molecule has 0 amide bonds. The number of esters is 1. The summed E-state index contributed by atoms with van der Waals surface area (Å²) in [6, 6.07) is 10.5. The number of hydrogen-bond acceptors (Lipinski definition) is 5. The topological polar surface area (TPSA) is 76.0 Å². The maximum absolute atomic E-state index is 11.6. The van der Waals surface area contributed by atoms with Gasteiger partial charge in [-0.25, -0.2) is 4.79 Å². The van der Waals surface area contributed by atoms with Gasteiger partial charge in [-0.1, -0.05) is 23.8 Å². The molecule has 0 unspecified atom stereocenters. The van der Waals surface area contributed by atoms with Crippen LogP contribution in [-0.4, -0.2) is 51.0 Å². The highest BCUT2D eigenvalue weighted by Crippen LogP contribution is 2.27. The van der Waals surface area contributed by atoms with Crippen molar-refractivity contribution in [3.05, 3.63) is 59.5 Å². The van der Waals surface area contributed by atoms with Crippen molar-refractivity contribution in [1.29, 1.82) is 0 Å². The van der Waals surface area contributed by atoms with E-state index in [0.717, 1.165) is 38.2 Å². The molecule has 7 heteroatoms. The number of nitrogens with one attached hydrogen (secondary N) is 1. The van der Waals surface area contributed by atoms with Crippen molar-refractivity contribution in [2.45, 2.75) is 32.4 Å². The van der Waals surface area contributed by atoms with Crippen LogP contribution in [0.4, 0.5) is 0 Å². The lowest BCUT2D eigenvalue weighted by molar-refractivity contribution is 0.0592. The first-order valence-electron chi connectivity index (χ1n) is 9.59. The molecule has 0 atom stereocenters. The number of aryl methyl sites for hydroxylation is 1. The number of rotatable bonds is 5. The van der Waals surface area contributed by atoms with Gasteiger partial charge in [-0.3, -0.25) is 14.7 Å². The van der Waals surface area contributed by atoms with Crippen LogP contribution >= 0.6 is 0 Å². The quantitative estimate of drug-likeness (QED) is 0.689. The van der Waals surface area contributed by atoms with E-state index in [9.17, 15) is 4.79 Å². The van der Waals surface area contributed by atoms with Crippen molar-refractivity contribution < 1.29 is 9.53 Å². The fourth-order valence-corrected chi connectivity index (χ4v) is 3.82. The number of piperidine rings is 1. The maximum Gasteiger partial charge on any atom is 0.358 e. The summed E-state index contributed by atoms with van der Waals surface area (Å²) in [6.07, 6.45) is 5.80. The van der Waals surface area contributed by atoms with Gasteiger partial charge < -0.3 is 4.74 Å². The number of H-pyrrole nitrogens is 1. The van der Waals surface area contributed by atoms with Crippen LogP contribution in [-0.2, 0) is 11.3 Å². The maximum atomic E-state index is 11.6. The number of benzene rings is 1. The number of carbonyl (C=O) groups is 1. The van der Waals surface area contributed by atoms with Gasteiger partial charge in [0.2, 0.25) is 0 Å². The lowest BCUT2D eigenvalue weighted by atomic mass is 10.0. The Kier molecular flexibility index (Phi) is 5.25. The van der Waals surface area contributed by atoms with E-state index in [-0.39, 0.29) is 5.97 Å². The molecule has 3 aromatic rings. The van der Waals surface area contributed by atoms with Gasteiger partial charge in [-0.2, -0.15) is 10.2 Å². The molecule has 2 aromatic heterocycles. The summed E-state index contributed by atoms with van der Waals surface area (Å²) in [4.78, 5) is 14.0. The second-order valence-corrected chi connectivity index (χ2v) is 7.32. The van der Waals surface area contributed by atoms with Gasteiger partial charge in [0, 0.05) is 37.0 Å². The van der Waals surface area contributed by atoms with Crippen LogP contribution in [0, 0.1) is 6.92 Å². The second kappa shape index (κ2) is 7.98. The monoisotopic (exact) mass is 379 g/mol. The van der Waals surface area contributed by atoms with E-state index in [1.807, 2.05) is 17.1 Å². The van der Waals surface area contributed by atoms with Crippen molar-refractivity contribution in [3.8, 4) is 11.3 Å². The van der Waals surface area contributed by atoms with Crippen LogP contribution in [0.3, 0.4) is 0 Å². The van der Waals surface area contributed by atoms with E-state index in [1.54, 1.807) is 6.07 Å². The summed E-state index contributed by atoms with van der Waals surface area (Å²) in [5, 5.41) is 11.8. The zero-order chi connectivity index (χ0) is 19.5. The van der Waals surface area contributed by atoms with Crippen molar-refractivity contribution in [3.63, 3.8) is 0 Å². The van der Waals surface area contributed by atoms with Crippen LogP contribution in [0.2, 0.25) is 0 Å². The largest absolute Gasteiger partial charge is 0.464 e. The van der Waals surface area contributed by atoms with E-state index < -0.39 is 0 Å². The van der Waals surface area contributed by atoms with E-state index in [1.165, 1.54) is 23.8 Å². The van der Waals surface area contributed by atoms with Gasteiger partial charge in [0.15, 0.2) is 5.69 Å².